The molecule has 104 valence electrons. The topological polar surface area (TPSA) is 49.8 Å². The predicted octanol–water partition coefficient (Wildman–Crippen LogP) is 4.71. The van der Waals surface area contributed by atoms with Crippen LogP contribution in [0.3, 0.4) is 0 Å². The second-order valence-corrected chi connectivity index (χ2v) is 6.56. The standard InChI is InChI=1S/C14H14Br2N4/c15-9-4-6-11(7-5-9)19-14-17-8-12(16)13(20-14)18-10-2-1-3-10/h4-8,10H,1-3H2,(H2,17,18,19,20). The first kappa shape index (κ1) is 13.8. The van der Waals surface area contributed by atoms with Crippen LogP contribution >= 0.6 is 31.9 Å². The zero-order valence-corrected chi connectivity index (χ0v) is 13.9. The van der Waals surface area contributed by atoms with E-state index in [1.807, 2.05) is 24.3 Å². The predicted molar refractivity (Wildman–Crippen MR) is 88.4 cm³/mol. The molecule has 0 aliphatic heterocycles. The lowest BCUT2D eigenvalue weighted by molar-refractivity contribution is 0.444. The van der Waals surface area contributed by atoms with Crippen LogP contribution in [0.5, 0.6) is 0 Å². The van der Waals surface area contributed by atoms with Gasteiger partial charge in [0.15, 0.2) is 0 Å². The van der Waals surface area contributed by atoms with E-state index in [1.165, 1.54) is 19.3 Å². The van der Waals surface area contributed by atoms with E-state index in [4.69, 9.17) is 0 Å². The van der Waals surface area contributed by atoms with Crippen LogP contribution in [0.15, 0.2) is 39.4 Å². The molecule has 20 heavy (non-hydrogen) atoms. The average Bonchev–Trinajstić information content (AvgIpc) is 2.40. The van der Waals surface area contributed by atoms with Crippen molar-refractivity contribution >= 4 is 49.3 Å². The van der Waals surface area contributed by atoms with Crippen LogP contribution in [0.2, 0.25) is 0 Å². The first-order chi connectivity index (χ1) is 9.70. The third-order valence-corrected chi connectivity index (χ3v) is 4.40. The van der Waals surface area contributed by atoms with Crippen molar-refractivity contribution in [3.8, 4) is 0 Å². The van der Waals surface area contributed by atoms with Gasteiger partial charge in [-0.25, -0.2) is 4.98 Å². The summed E-state index contributed by atoms with van der Waals surface area (Å²) in [6.07, 6.45) is 5.50. The third kappa shape index (κ3) is 3.30. The molecule has 1 fully saturated rings. The zero-order chi connectivity index (χ0) is 13.9. The van der Waals surface area contributed by atoms with Crippen LogP contribution in [0.1, 0.15) is 19.3 Å². The lowest BCUT2D eigenvalue weighted by Gasteiger charge is -2.27. The molecule has 1 aromatic carbocycles. The first-order valence-electron chi connectivity index (χ1n) is 6.52. The number of benzene rings is 1. The Morgan fingerprint density at radius 3 is 2.50 bits per heavy atom. The van der Waals surface area contributed by atoms with Crippen molar-refractivity contribution in [3.05, 3.63) is 39.4 Å². The average molecular weight is 398 g/mol. The molecule has 1 saturated carbocycles. The number of nitrogens with one attached hydrogen (secondary N) is 2. The number of hydrogen-bond acceptors (Lipinski definition) is 4. The highest BCUT2D eigenvalue weighted by Crippen LogP contribution is 2.27. The molecule has 6 heteroatoms. The fraction of sp³-hybridized carbons (Fsp3) is 0.286. The minimum atomic E-state index is 0.543. The minimum absolute atomic E-state index is 0.543. The lowest BCUT2D eigenvalue weighted by atomic mass is 9.93. The summed E-state index contributed by atoms with van der Waals surface area (Å²) in [5.74, 6) is 1.45. The number of rotatable bonds is 4. The Labute approximate surface area is 134 Å². The molecular formula is C14H14Br2N4. The van der Waals surface area contributed by atoms with Gasteiger partial charge in [0.1, 0.15) is 5.82 Å². The SMILES string of the molecule is Brc1ccc(Nc2ncc(Br)c(NC3CCC3)n2)cc1. The van der Waals surface area contributed by atoms with Crippen LogP contribution < -0.4 is 10.6 Å². The third-order valence-electron chi connectivity index (χ3n) is 3.29. The summed E-state index contributed by atoms with van der Waals surface area (Å²) in [5.41, 5.74) is 0.963. The summed E-state index contributed by atoms with van der Waals surface area (Å²) < 4.78 is 1.94. The van der Waals surface area contributed by atoms with Gasteiger partial charge in [-0.1, -0.05) is 15.9 Å². The van der Waals surface area contributed by atoms with Gasteiger partial charge >= 0.3 is 0 Å². The molecule has 1 heterocycles. The van der Waals surface area contributed by atoms with Gasteiger partial charge in [0.05, 0.1) is 4.47 Å². The van der Waals surface area contributed by atoms with Gasteiger partial charge < -0.3 is 10.6 Å². The molecule has 0 radical (unpaired) electrons. The molecule has 0 spiro atoms. The molecule has 1 aliphatic rings. The van der Waals surface area contributed by atoms with E-state index in [9.17, 15) is 0 Å². The highest BCUT2D eigenvalue weighted by Gasteiger charge is 2.18. The van der Waals surface area contributed by atoms with Crippen LogP contribution in [0.25, 0.3) is 0 Å². The molecule has 3 rings (SSSR count). The Kier molecular flexibility index (Phi) is 4.21. The maximum absolute atomic E-state index is 4.52. The maximum Gasteiger partial charge on any atom is 0.229 e. The monoisotopic (exact) mass is 396 g/mol. The fourth-order valence-corrected chi connectivity index (χ4v) is 2.51. The van der Waals surface area contributed by atoms with Gasteiger partial charge in [0, 0.05) is 22.4 Å². The zero-order valence-electron chi connectivity index (χ0n) is 10.7. The molecule has 1 aromatic heterocycles. The molecule has 0 saturated heterocycles. The fourth-order valence-electron chi connectivity index (χ4n) is 1.94. The van der Waals surface area contributed by atoms with Gasteiger partial charge in [0.25, 0.3) is 0 Å². The largest absolute Gasteiger partial charge is 0.366 e. The van der Waals surface area contributed by atoms with Crippen molar-refractivity contribution in [2.45, 2.75) is 25.3 Å². The minimum Gasteiger partial charge on any atom is -0.366 e. The molecule has 2 aromatic rings. The van der Waals surface area contributed by atoms with E-state index in [-0.39, 0.29) is 0 Å². The van der Waals surface area contributed by atoms with Crippen LogP contribution in [0.4, 0.5) is 17.5 Å². The molecule has 0 unspecified atom stereocenters. The van der Waals surface area contributed by atoms with E-state index in [2.05, 4.69) is 52.5 Å². The number of aromatic nitrogens is 2. The molecule has 0 bridgehead atoms. The molecular weight excluding hydrogens is 384 g/mol. The lowest BCUT2D eigenvalue weighted by Crippen LogP contribution is -2.27. The van der Waals surface area contributed by atoms with E-state index >= 15 is 0 Å². The molecule has 0 amide bonds. The van der Waals surface area contributed by atoms with Gasteiger partial charge in [-0.05, 0) is 59.5 Å². The smallest absolute Gasteiger partial charge is 0.229 e. The number of hydrogen-bond donors (Lipinski definition) is 2. The second-order valence-electron chi connectivity index (χ2n) is 4.79. The highest BCUT2D eigenvalue weighted by molar-refractivity contribution is 9.10. The van der Waals surface area contributed by atoms with Crippen molar-refractivity contribution in [3.63, 3.8) is 0 Å². The Morgan fingerprint density at radius 1 is 1.10 bits per heavy atom. The van der Waals surface area contributed by atoms with E-state index in [1.54, 1.807) is 6.20 Å². The van der Waals surface area contributed by atoms with Crippen molar-refractivity contribution in [2.75, 3.05) is 10.6 Å². The normalized spacial score (nSPS) is 14.7. The first-order valence-corrected chi connectivity index (χ1v) is 8.11. The van der Waals surface area contributed by atoms with E-state index in [0.717, 1.165) is 20.5 Å². The van der Waals surface area contributed by atoms with Crippen LogP contribution in [-0.4, -0.2) is 16.0 Å². The Bertz CT molecular complexity index is 597. The van der Waals surface area contributed by atoms with Gasteiger partial charge in [-0.2, -0.15) is 4.98 Å². The Morgan fingerprint density at radius 2 is 1.85 bits per heavy atom. The quantitative estimate of drug-likeness (QED) is 0.784. The Hall–Kier alpha value is -1.14. The van der Waals surface area contributed by atoms with Crippen LogP contribution in [-0.2, 0) is 0 Å². The van der Waals surface area contributed by atoms with Gasteiger partial charge in [-0.15, -0.1) is 0 Å². The molecule has 4 nitrogen and oxygen atoms in total. The van der Waals surface area contributed by atoms with Crippen molar-refractivity contribution < 1.29 is 0 Å². The number of halogens is 2. The van der Waals surface area contributed by atoms with Gasteiger partial charge in [0.2, 0.25) is 5.95 Å². The van der Waals surface area contributed by atoms with Crippen molar-refractivity contribution in [2.24, 2.45) is 0 Å². The van der Waals surface area contributed by atoms with E-state index < -0.39 is 0 Å². The molecule has 0 atom stereocenters. The van der Waals surface area contributed by atoms with Crippen molar-refractivity contribution in [1.82, 2.24) is 9.97 Å². The van der Waals surface area contributed by atoms with Gasteiger partial charge in [-0.3, -0.25) is 0 Å². The van der Waals surface area contributed by atoms with E-state index in [0.29, 0.717) is 12.0 Å². The highest BCUT2D eigenvalue weighted by atomic mass is 79.9. The summed E-state index contributed by atoms with van der Waals surface area (Å²) in [7, 11) is 0. The molecule has 1 aliphatic carbocycles. The number of anilines is 3. The summed E-state index contributed by atoms with van der Waals surface area (Å²) in [6, 6.07) is 8.47. The molecule has 2 N–H and O–H groups in total. The van der Waals surface area contributed by atoms with Crippen molar-refractivity contribution in [1.29, 1.82) is 0 Å². The summed E-state index contributed by atoms with van der Waals surface area (Å²) in [5, 5.41) is 6.64. The van der Waals surface area contributed by atoms with Crippen LogP contribution in [0, 0.1) is 0 Å². The maximum atomic E-state index is 4.52. The summed E-state index contributed by atoms with van der Waals surface area (Å²) in [4.78, 5) is 8.81. The summed E-state index contributed by atoms with van der Waals surface area (Å²) >= 11 is 6.90. The number of nitrogens with zero attached hydrogens (tertiary/aromatic N) is 2. The second kappa shape index (κ2) is 6.10. The Balaban J connectivity index is 1.75. The summed E-state index contributed by atoms with van der Waals surface area (Å²) in [6.45, 7) is 0.